The fourth-order valence-corrected chi connectivity index (χ4v) is 1.59. The van der Waals surface area contributed by atoms with E-state index < -0.39 is 0 Å². The van der Waals surface area contributed by atoms with Crippen LogP contribution in [0.3, 0.4) is 0 Å². The molecule has 0 atom stereocenters. The maximum atomic E-state index is 9.17. The lowest BCUT2D eigenvalue weighted by molar-refractivity contribution is 0.414. The maximum Gasteiger partial charge on any atom is 0.118 e. The Morgan fingerprint density at radius 2 is 1.15 bits per heavy atom. The third-order valence-electron chi connectivity index (χ3n) is 2.50. The minimum Gasteiger partial charge on any atom is -0.508 e. The molecule has 0 unspecified atom stereocenters. The van der Waals surface area contributed by atoms with Gasteiger partial charge in [-0.3, -0.25) is 0 Å². The highest BCUT2D eigenvalue weighted by molar-refractivity contribution is 5.33. The molecule has 2 rings (SSSR count). The molecule has 0 aromatic heterocycles. The predicted octanol–water partition coefficient (Wildman–Crippen LogP) is 5.04. The van der Waals surface area contributed by atoms with Gasteiger partial charge < -0.3 is 9.84 Å². The minimum atomic E-state index is 0.304. The molecule has 0 aliphatic heterocycles. The molecule has 20 heavy (non-hydrogen) atoms. The average molecular weight is 274 g/mol. The molecule has 0 aliphatic rings. The average Bonchev–Trinajstić information content (AvgIpc) is 2.54. The highest BCUT2D eigenvalue weighted by Gasteiger charge is 1.97. The van der Waals surface area contributed by atoms with E-state index in [-0.39, 0.29) is 0 Å². The van der Waals surface area contributed by atoms with Crippen molar-refractivity contribution in [3.63, 3.8) is 0 Å². The molecule has 0 spiro atoms. The molecule has 2 heteroatoms. The van der Waals surface area contributed by atoms with Crippen LogP contribution in [0.1, 0.15) is 38.8 Å². The third-order valence-corrected chi connectivity index (χ3v) is 2.50. The highest BCUT2D eigenvalue weighted by atomic mass is 16.5. The summed E-state index contributed by atoms with van der Waals surface area (Å²) < 4.78 is 5.10. The standard InChI is InChI=1S/C14H14O2.2C2H6/c1-16-14-8-4-12(5-9-14)10-11-2-6-13(15)7-3-11;2*1-2/h2-9,15H,10H2,1H3;2*1-2H3. The van der Waals surface area contributed by atoms with Crippen molar-refractivity contribution in [3.8, 4) is 11.5 Å². The van der Waals surface area contributed by atoms with Crippen LogP contribution in [0.2, 0.25) is 0 Å². The summed E-state index contributed by atoms with van der Waals surface area (Å²) in [6.07, 6.45) is 0.865. The van der Waals surface area contributed by atoms with Gasteiger partial charge in [-0.1, -0.05) is 52.0 Å². The Labute approximate surface area is 123 Å². The molecule has 0 saturated heterocycles. The number of phenolic OH excluding ortho intramolecular Hbond substituents is 1. The Kier molecular flexibility index (Phi) is 9.85. The van der Waals surface area contributed by atoms with Crippen LogP contribution >= 0.6 is 0 Å². The Bertz CT molecular complexity index is 444. The van der Waals surface area contributed by atoms with Crippen LogP contribution in [0.4, 0.5) is 0 Å². The van der Waals surface area contributed by atoms with E-state index in [1.54, 1.807) is 19.2 Å². The molecule has 2 aromatic carbocycles. The molecule has 2 nitrogen and oxygen atoms in total. The first-order valence-electron chi connectivity index (χ1n) is 7.19. The van der Waals surface area contributed by atoms with Gasteiger partial charge in [0.05, 0.1) is 7.11 Å². The molecule has 1 N–H and O–H groups in total. The lowest BCUT2D eigenvalue weighted by Gasteiger charge is -2.04. The number of phenols is 1. The summed E-state index contributed by atoms with van der Waals surface area (Å²) in [7, 11) is 1.66. The number of ether oxygens (including phenoxy) is 1. The third kappa shape index (κ3) is 6.28. The van der Waals surface area contributed by atoms with Crippen molar-refractivity contribution in [1.29, 1.82) is 0 Å². The van der Waals surface area contributed by atoms with Crippen molar-refractivity contribution in [2.75, 3.05) is 7.11 Å². The Balaban J connectivity index is 0.000000829. The second-order valence-electron chi connectivity index (χ2n) is 3.69. The predicted molar refractivity (Wildman–Crippen MR) is 86.6 cm³/mol. The molecule has 0 heterocycles. The Morgan fingerprint density at radius 1 is 0.750 bits per heavy atom. The second-order valence-corrected chi connectivity index (χ2v) is 3.69. The van der Waals surface area contributed by atoms with Crippen molar-refractivity contribution >= 4 is 0 Å². The fourth-order valence-electron chi connectivity index (χ4n) is 1.59. The van der Waals surface area contributed by atoms with Crippen molar-refractivity contribution in [2.24, 2.45) is 0 Å². The van der Waals surface area contributed by atoms with Crippen molar-refractivity contribution in [3.05, 3.63) is 59.7 Å². The molecule has 0 saturated carbocycles. The number of rotatable bonds is 3. The van der Waals surface area contributed by atoms with Gasteiger partial charge in [0.2, 0.25) is 0 Å². The number of benzene rings is 2. The summed E-state index contributed by atoms with van der Waals surface area (Å²) in [5, 5.41) is 9.17. The van der Waals surface area contributed by atoms with Gasteiger partial charge in [-0.05, 0) is 41.8 Å². The van der Waals surface area contributed by atoms with E-state index in [9.17, 15) is 5.11 Å². The summed E-state index contributed by atoms with van der Waals surface area (Å²) in [6, 6.07) is 15.3. The quantitative estimate of drug-likeness (QED) is 0.849. The smallest absolute Gasteiger partial charge is 0.118 e. The van der Waals surface area contributed by atoms with E-state index in [0.29, 0.717) is 5.75 Å². The molecular formula is C18H26O2. The zero-order chi connectivity index (χ0) is 15.4. The molecular weight excluding hydrogens is 248 g/mol. The van der Waals surface area contributed by atoms with E-state index in [2.05, 4.69) is 0 Å². The highest BCUT2D eigenvalue weighted by Crippen LogP contribution is 2.16. The van der Waals surface area contributed by atoms with Crippen LogP contribution in [-0.4, -0.2) is 12.2 Å². The van der Waals surface area contributed by atoms with Crippen molar-refractivity contribution in [2.45, 2.75) is 34.1 Å². The van der Waals surface area contributed by atoms with Crippen LogP contribution in [0.15, 0.2) is 48.5 Å². The van der Waals surface area contributed by atoms with Crippen LogP contribution in [0, 0.1) is 0 Å². The normalized spacial score (nSPS) is 8.65. The number of hydrogen-bond acceptors (Lipinski definition) is 2. The van der Waals surface area contributed by atoms with Crippen molar-refractivity contribution in [1.82, 2.24) is 0 Å². The number of methoxy groups -OCH3 is 1. The molecule has 110 valence electrons. The van der Waals surface area contributed by atoms with E-state index in [4.69, 9.17) is 4.74 Å². The van der Waals surface area contributed by atoms with Gasteiger partial charge >= 0.3 is 0 Å². The molecule has 0 amide bonds. The van der Waals surface area contributed by atoms with Gasteiger partial charge in [-0.2, -0.15) is 0 Å². The van der Waals surface area contributed by atoms with Crippen LogP contribution in [0.5, 0.6) is 11.5 Å². The summed E-state index contributed by atoms with van der Waals surface area (Å²) in [4.78, 5) is 0. The van der Waals surface area contributed by atoms with Crippen LogP contribution < -0.4 is 4.74 Å². The minimum absolute atomic E-state index is 0.304. The summed E-state index contributed by atoms with van der Waals surface area (Å²) in [6.45, 7) is 8.00. The van der Waals surface area contributed by atoms with Gasteiger partial charge in [-0.25, -0.2) is 0 Å². The fraction of sp³-hybridized carbons (Fsp3) is 0.333. The van der Waals surface area contributed by atoms with Gasteiger partial charge in [0.25, 0.3) is 0 Å². The molecule has 0 aliphatic carbocycles. The van der Waals surface area contributed by atoms with E-state index in [1.165, 1.54) is 11.1 Å². The first-order chi connectivity index (χ1) is 9.78. The van der Waals surface area contributed by atoms with Gasteiger partial charge in [0, 0.05) is 0 Å². The maximum absolute atomic E-state index is 9.17. The van der Waals surface area contributed by atoms with E-state index in [1.807, 2.05) is 64.1 Å². The topological polar surface area (TPSA) is 29.5 Å². The van der Waals surface area contributed by atoms with E-state index >= 15 is 0 Å². The molecule has 0 radical (unpaired) electrons. The van der Waals surface area contributed by atoms with Crippen molar-refractivity contribution < 1.29 is 9.84 Å². The second kappa shape index (κ2) is 10.9. The first-order valence-corrected chi connectivity index (χ1v) is 7.19. The monoisotopic (exact) mass is 274 g/mol. The van der Waals surface area contributed by atoms with Gasteiger partial charge in [0.1, 0.15) is 11.5 Å². The molecule has 0 bridgehead atoms. The number of hydrogen-bond donors (Lipinski definition) is 1. The van der Waals surface area contributed by atoms with E-state index in [0.717, 1.165) is 12.2 Å². The Morgan fingerprint density at radius 3 is 1.55 bits per heavy atom. The SMILES string of the molecule is CC.CC.COc1ccc(Cc2ccc(O)cc2)cc1. The Hall–Kier alpha value is -1.96. The summed E-state index contributed by atoms with van der Waals surface area (Å²) in [5.41, 5.74) is 2.41. The largest absolute Gasteiger partial charge is 0.508 e. The lowest BCUT2D eigenvalue weighted by Crippen LogP contribution is -1.88. The molecule has 2 aromatic rings. The zero-order valence-corrected chi connectivity index (χ0v) is 13.2. The summed E-state index contributed by atoms with van der Waals surface area (Å²) in [5.74, 6) is 1.17. The lowest BCUT2D eigenvalue weighted by atomic mass is 10.1. The number of aromatic hydroxyl groups is 1. The zero-order valence-electron chi connectivity index (χ0n) is 13.2. The summed E-state index contributed by atoms with van der Waals surface area (Å²) >= 11 is 0. The van der Waals surface area contributed by atoms with Crippen LogP contribution in [0.25, 0.3) is 0 Å². The van der Waals surface area contributed by atoms with Gasteiger partial charge in [0.15, 0.2) is 0 Å². The molecule has 0 fully saturated rings. The van der Waals surface area contributed by atoms with Crippen LogP contribution in [-0.2, 0) is 6.42 Å². The van der Waals surface area contributed by atoms with Gasteiger partial charge in [-0.15, -0.1) is 0 Å². The first kappa shape index (κ1) is 18.0.